The third kappa shape index (κ3) is 4.45. The quantitative estimate of drug-likeness (QED) is 0.401. The molecule has 1 rings (SSSR count). The van der Waals surface area contributed by atoms with Gasteiger partial charge in [-0.25, -0.2) is 4.39 Å². The van der Waals surface area contributed by atoms with Crippen molar-refractivity contribution >= 4 is 0 Å². The fourth-order valence-corrected chi connectivity index (χ4v) is 1.13. The van der Waals surface area contributed by atoms with Crippen LogP contribution in [0.15, 0.2) is 48.8 Å². The molecule has 0 aliphatic rings. The third-order valence-electron chi connectivity index (χ3n) is 1.90. The first-order valence-corrected chi connectivity index (χ1v) is 4.93. The Morgan fingerprint density at radius 3 is 2.60 bits per heavy atom. The van der Waals surface area contributed by atoms with E-state index in [1.807, 2.05) is 19.1 Å². The van der Waals surface area contributed by atoms with Crippen molar-refractivity contribution < 1.29 is 9.13 Å². The van der Waals surface area contributed by atoms with E-state index in [9.17, 15) is 4.39 Å². The minimum atomic E-state index is -0.254. The molecule has 15 heavy (non-hydrogen) atoms. The van der Waals surface area contributed by atoms with Crippen LogP contribution in [-0.2, 0) is 0 Å². The highest BCUT2D eigenvalue weighted by Gasteiger charge is 1.95. The number of ether oxygens (including phenoxy) is 1. The summed E-state index contributed by atoms with van der Waals surface area (Å²) >= 11 is 0. The average Bonchev–Trinajstić information content (AvgIpc) is 2.22. The summed E-state index contributed by atoms with van der Waals surface area (Å²) in [6, 6.07) is 5.99. The summed E-state index contributed by atoms with van der Waals surface area (Å²) in [7, 11) is 0. The SMILES string of the molecule is C=CCC/C=C(\C)Oc1ccc(F)cc1. The summed E-state index contributed by atoms with van der Waals surface area (Å²) in [4.78, 5) is 0. The normalized spacial score (nSPS) is 11.2. The van der Waals surface area contributed by atoms with E-state index >= 15 is 0 Å². The van der Waals surface area contributed by atoms with Gasteiger partial charge in [-0.1, -0.05) is 6.08 Å². The lowest BCUT2D eigenvalue weighted by Crippen LogP contribution is -1.90. The molecule has 0 bridgehead atoms. The number of halogens is 1. The molecule has 80 valence electrons. The van der Waals surface area contributed by atoms with Gasteiger partial charge in [-0.3, -0.25) is 0 Å². The van der Waals surface area contributed by atoms with Crippen molar-refractivity contribution in [2.45, 2.75) is 19.8 Å². The molecule has 0 aliphatic heterocycles. The first-order valence-electron chi connectivity index (χ1n) is 4.93. The summed E-state index contributed by atoms with van der Waals surface area (Å²) in [5.74, 6) is 1.22. The van der Waals surface area contributed by atoms with Crippen molar-refractivity contribution in [1.82, 2.24) is 0 Å². The Morgan fingerprint density at radius 1 is 1.33 bits per heavy atom. The number of rotatable bonds is 5. The molecule has 0 heterocycles. The molecule has 2 heteroatoms. The zero-order valence-electron chi connectivity index (χ0n) is 8.87. The largest absolute Gasteiger partial charge is 0.462 e. The van der Waals surface area contributed by atoms with Crippen LogP contribution in [0.25, 0.3) is 0 Å². The zero-order valence-corrected chi connectivity index (χ0v) is 8.87. The lowest BCUT2D eigenvalue weighted by molar-refractivity contribution is 0.424. The molecule has 0 amide bonds. The highest BCUT2D eigenvalue weighted by Crippen LogP contribution is 2.14. The maximum Gasteiger partial charge on any atom is 0.127 e. The van der Waals surface area contributed by atoms with Gasteiger partial charge in [-0.15, -0.1) is 6.58 Å². The average molecular weight is 206 g/mol. The van der Waals surface area contributed by atoms with E-state index < -0.39 is 0 Å². The lowest BCUT2D eigenvalue weighted by atomic mass is 10.3. The van der Waals surface area contributed by atoms with E-state index in [1.165, 1.54) is 12.1 Å². The van der Waals surface area contributed by atoms with Gasteiger partial charge in [0.2, 0.25) is 0 Å². The van der Waals surface area contributed by atoms with Crippen molar-refractivity contribution in [2.75, 3.05) is 0 Å². The fraction of sp³-hybridized carbons (Fsp3) is 0.231. The van der Waals surface area contributed by atoms with Crippen LogP contribution in [0.5, 0.6) is 5.75 Å². The number of unbranched alkanes of at least 4 members (excludes halogenated alkanes) is 1. The summed E-state index contributed by atoms with van der Waals surface area (Å²) in [6.07, 6.45) is 5.70. The van der Waals surface area contributed by atoms with Crippen LogP contribution in [-0.4, -0.2) is 0 Å². The van der Waals surface area contributed by atoms with E-state index in [0.717, 1.165) is 18.6 Å². The molecule has 0 aliphatic carbocycles. The standard InChI is InChI=1S/C13H15FO/c1-3-4-5-6-11(2)15-13-9-7-12(14)8-10-13/h3,6-10H,1,4-5H2,2H3/b11-6+. The topological polar surface area (TPSA) is 9.23 Å². The van der Waals surface area contributed by atoms with Crippen LogP contribution in [0, 0.1) is 5.82 Å². The van der Waals surface area contributed by atoms with Crippen molar-refractivity contribution in [3.63, 3.8) is 0 Å². The van der Waals surface area contributed by atoms with Gasteiger partial charge in [0.05, 0.1) is 5.76 Å². The van der Waals surface area contributed by atoms with Gasteiger partial charge in [0, 0.05) is 0 Å². The van der Waals surface area contributed by atoms with Gasteiger partial charge in [0.15, 0.2) is 0 Å². The van der Waals surface area contributed by atoms with E-state index in [1.54, 1.807) is 12.1 Å². The summed E-state index contributed by atoms with van der Waals surface area (Å²) in [5, 5.41) is 0. The lowest BCUT2D eigenvalue weighted by Gasteiger charge is -2.05. The Bertz CT molecular complexity index is 338. The van der Waals surface area contributed by atoms with Crippen LogP contribution >= 0.6 is 0 Å². The minimum absolute atomic E-state index is 0.254. The summed E-state index contributed by atoms with van der Waals surface area (Å²) < 4.78 is 18.1. The molecule has 0 aromatic heterocycles. The predicted octanol–water partition coefficient (Wildman–Crippen LogP) is 4.07. The highest BCUT2D eigenvalue weighted by atomic mass is 19.1. The molecule has 1 aromatic carbocycles. The number of hydrogen-bond donors (Lipinski definition) is 0. The second-order valence-electron chi connectivity index (χ2n) is 3.24. The van der Waals surface area contributed by atoms with E-state index in [-0.39, 0.29) is 5.82 Å². The van der Waals surface area contributed by atoms with Crippen molar-refractivity contribution in [3.05, 3.63) is 54.6 Å². The van der Waals surface area contributed by atoms with E-state index in [2.05, 4.69) is 6.58 Å². The Hall–Kier alpha value is -1.57. The van der Waals surface area contributed by atoms with Gasteiger partial charge in [-0.2, -0.15) is 0 Å². The molecular formula is C13H15FO. The maximum absolute atomic E-state index is 12.6. The van der Waals surface area contributed by atoms with Gasteiger partial charge < -0.3 is 4.74 Å². The van der Waals surface area contributed by atoms with Crippen LogP contribution in [0.2, 0.25) is 0 Å². The summed E-state index contributed by atoms with van der Waals surface area (Å²) in [5.41, 5.74) is 0. The van der Waals surface area contributed by atoms with Crippen LogP contribution in [0.1, 0.15) is 19.8 Å². The molecule has 1 nitrogen and oxygen atoms in total. The third-order valence-corrected chi connectivity index (χ3v) is 1.90. The highest BCUT2D eigenvalue weighted by molar-refractivity contribution is 5.24. The Kier molecular flexibility index (Phi) is 4.61. The molecule has 0 saturated carbocycles. The predicted molar refractivity (Wildman–Crippen MR) is 60.2 cm³/mol. The monoisotopic (exact) mass is 206 g/mol. The fourth-order valence-electron chi connectivity index (χ4n) is 1.13. The van der Waals surface area contributed by atoms with Crippen LogP contribution in [0.3, 0.4) is 0 Å². The summed E-state index contributed by atoms with van der Waals surface area (Å²) in [6.45, 7) is 5.52. The molecule has 1 aromatic rings. The molecule has 0 radical (unpaired) electrons. The Labute approximate surface area is 89.9 Å². The molecule has 0 fully saturated rings. The minimum Gasteiger partial charge on any atom is -0.462 e. The second-order valence-corrected chi connectivity index (χ2v) is 3.24. The molecule has 0 atom stereocenters. The van der Waals surface area contributed by atoms with Crippen molar-refractivity contribution in [2.24, 2.45) is 0 Å². The first-order chi connectivity index (χ1) is 7.22. The van der Waals surface area contributed by atoms with E-state index in [0.29, 0.717) is 5.75 Å². The van der Waals surface area contributed by atoms with Crippen molar-refractivity contribution in [1.29, 1.82) is 0 Å². The van der Waals surface area contributed by atoms with Crippen LogP contribution < -0.4 is 4.74 Å². The first kappa shape index (κ1) is 11.5. The second kappa shape index (κ2) is 6.02. The number of hydrogen-bond acceptors (Lipinski definition) is 1. The maximum atomic E-state index is 12.6. The number of benzene rings is 1. The zero-order chi connectivity index (χ0) is 11.1. The molecule has 0 spiro atoms. The molecule has 0 saturated heterocycles. The molecule has 0 unspecified atom stereocenters. The Balaban J connectivity index is 2.50. The smallest absolute Gasteiger partial charge is 0.127 e. The van der Waals surface area contributed by atoms with E-state index in [4.69, 9.17) is 4.74 Å². The Morgan fingerprint density at radius 2 is 2.00 bits per heavy atom. The van der Waals surface area contributed by atoms with Gasteiger partial charge >= 0.3 is 0 Å². The van der Waals surface area contributed by atoms with Crippen LogP contribution in [0.4, 0.5) is 4.39 Å². The van der Waals surface area contributed by atoms with Gasteiger partial charge in [0.25, 0.3) is 0 Å². The van der Waals surface area contributed by atoms with Crippen molar-refractivity contribution in [3.8, 4) is 5.75 Å². The number of allylic oxidation sites excluding steroid dienone is 3. The van der Waals surface area contributed by atoms with Gasteiger partial charge in [0.1, 0.15) is 11.6 Å². The molecular weight excluding hydrogens is 191 g/mol. The molecule has 0 N–H and O–H groups in total. The van der Waals surface area contributed by atoms with Gasteiger partial charge in [-0.05, 0) is 50.1 Å².